The van der Waals surface area contributed by atoms with Gasteiger partial charge in [-0.1, -0.05) is 0 Å². The highest BCUT2D eigenvalue weighted by molar-refractivity contribution is 5.92. The van der Waals surface area contributed by atoms with Gasteiger partial charge in [0, 0.05) is 42.4 Å². The molecular formula is C21H28N4O2. The van der Waals surface area contributed by atoms with E-state index in [1.54, 1.807) is 0 Å². The van der Waals surface area contributed by atoms with Crippen LogP contribution in [0.4, 0.5) is 5.69 Å². The molecule has 0 radical (unpaired) electrons. The van der Waals surface area contributed by atoms with Crippen LogP contribution in [0, 0.1) is 19.8 Å². The summed E-state index contributed by atoms with van der Waals surface area (Å²) in [6.45, 7) is 6.46. The molecule has 2 aliphatic rings. The van der Waals surface area contributed by atoms with Crippen LogP contribution in [-0.4, -0.2) is 40.8 Å². The summed E-state index contributed by atoms with van der Waals surface area (Å²) >= 11 is 0. The average Bonchev–Trinajstić information content (AvgIpc) is 3.02. The van der Waals surface area contributed by atoms with E-state index in [1.165, 1.54) is 0 Å². The minimum absolute atomic E-state index is 0.0247. The van der Waals surface area contributed by atoms with Gasteiger partial charge < -0.3 is 19.9 Å². The molecule has 2 aromatic rings. The SMILES string of the molecule is Cc1ncn(-c2ccc(NC(=O)C3CCC4(CCOCC4)NC3)cc2)c1C. The van der Waals surface area contributed by atoms with Gasteiger partial charge >= 0.3 is 0 Å². The largest absolute Gasteiger partial charge is 0.381 e. The smallest absolute Gasteiger partial charge is 0.228 e. The molecule has 0 bridgehead atoms. The Labute approximate surface area is 160 Å². The lowest BCUT2D eigenvalue weighted by Crippen LogP contribution is -2.55. The van der Waals surface area contributed by atoms with E-state index >= 15 is 0 Å². The van der Waals surface area contributed by atoms with Crippen LogP contribution < -0.4 is 10.6 Å². The van der Waals surface area contributed by atoms with E-state index in [1.807, 2.05) is 37.5 Å². The third kappa shape index (κ3) is 3.77. The first-order valence-corrected chi connectivity index (χ1v) is 9.81. The molecule has 3 heterocycles. The molecule has 0 aliphatic carbocycles. The lowest BCUT2D eigenvalue weighted by atomic mass is 9.79. The van der Waals surface area contributed by atoms with Crippen molar-refractivity contribution < 1.29 is 9.53 Å². The summed E-state index contributed by atoms with van der Waals surface area (Å²) in [7, 11) is 0. The molecule has 1 unspecified atom stereocenters. The highest BCUT2D eigenvalue weighted by Gasteiger charge is 2.38. The summed E-state index contributed by atoms with van der Waals surface area (Å²) in [5.74, 6) is 0.128. The van der Waals surface area contributed by atoms with Crippen LogP contribution in [0.5, 0.6) is 0 Å². The molecule has 1 aromatic carbocycles. The van der Waals surface area contributed by atoms with E-state index in [-0.39, 0.29) is 17.4 Å². The summed E-state index contributed by atoms with van der Waals surface area (Å²) < 4.78 is 7.53. The maximum Gasteiger partial charge on any atom is 0.228 e. The van der Waals surface area contributed by atoms with Crippen molar-refractivity contribution in [2.75, 3.05) is 25.1 Å². The number of aryl methyl sites for hydroxylation is 1. The van der Waals surface area contributed by atoms with Crippen molar-refractivity contribution in [1.82, 2.24) is 14.9 Å². The van der Waals surface area contributed by atoms with Gasteiger partial charge in [0.05, 0.1) is 17.9 Å². The van der Waals surface area contributed by atoms with Crippen molar-refractivity contribution in [1.29, 1.82) is 0 Å². The first kappa shape index (κ1) is 18.2. The Balaban J connectivity index is 1.35. The number of ether oxygens (including phenoxy) is 1. The summed E-state index contributed by atoms with van der Waals surface area (Å²) in [4.78, 5) is 17.0. The zero-order chi connectivity index (χ0) is 18.9. The van der Waals surface area contributed by atoms with Crippen LogP contribution in [0.1, 0.15) is 37.1 Å². The fourth-order valence-corrected chi connectivity index (χ4v) is 4.10. The van der Waals surface area contributed by atoms with Crippen LogP contribution >= 0.6 is 0 Å². The first-order chi connectivity index (χ1) is 13.1. The molecule has 0 saturated carbocycles. The number of nitrogens with zero attached hydrogens (tertiary/aromatic N) is 2. The standard InChI is InChI=1S/C21H28N4O2/c1-15-16(2)25(14-22-15)19-5-3-18(4-6-19)24-20(26)17-7-8-21(23-13-17)9-11-27-12-10-21/h3-6,14,17,23H,7-13H2,1-2H3,(H,24,26). The van der Waals surface area contributed by atoms with Gasteiger partial charge in [-0.05, 0) is 63.8 Å². The summed E-state index contributed by atoms with van der Waals surface area (Å²) in [6, 6.07) is 7.94. The molecular weight excluding hydrogens is 340 g/mol. The lowest BCUT2D eigenvalue weighted by Gasteiger charge is -2.43. The van der Waals surface area contributed by atoms with Crippen LogP contribution in [0.2, 0.25) is 0 Å². The molecule has 2 fully saturated rings. The number of imidazole rings is 1. The molecule has 1 spiro atoms. The highest BCUT2D eigenvalue weighted by atomic mass is 16.5. The van der Waals surface area contributed by atoms with Gasteiger partial charge in [0.2, 0.25) is 5.91 Å². The first-order valence-electron chi connectivity index (χ1n) is 9.81. The van der Waals surface area contributed by atoms with Gasteiger partial charge in [-0.25, -0.2) is 4.98 Å². The predicted octanol–water partition coefficient (Wildman–Crippen LogP) is 2.98. The fourth-order valence-electron chi connectivity index (χ4n) is 4.10. The molecule has 1 aromatic heterocycles. The van der Waals surface area contributed by atoms with Crippen molar-refractivity contribution in [2.45, 2.75) is 45.1 Å². The number of carbonyl (C=O) groups is 1. The quantitative estimate of drug-likeness (QED) is 0.874. The second-order valence-electron chi connectivity index (χ2n) is 7.83. The molecule has 1 atom stereocenters. The maximum absolute atomic E-state index is 12.7. The molecule has 27 heavy (non-hydrogen) atoms. The molecule has 6 nitrogen and oxygen atoms in total. The van der Waals surface area contributed by atoms with Gasteiger partial charge in [-0.2, -0.15) is 0 Å². The van der Waals surface area contributed by atoms with Crippen molar-refractivity contribution in [3.8, 4) is 5.69 Å². The van der Waals surface area contributed by atoms with E-state index in [9.17, 15) is 4.79 Å². The minimum Gasteiger partial charge on any atom is -0.381 e. The number of benzene rings is 1. The number of piperidine rings is 1. The van der Waals surface area contributed by atoms with Crippen LogP contribution in [0.3, 0.4) is 0 Å². The number of carbonyl (C=O) groups excluding carboxylic acids is 1. The Morgan fingerprint density at radius 3 is 2.56 bits per heavy atom. The second kappa shape index (κ2) is 7.44. The Morgan fingerprint density at radius 2 is 1.96 bits per heavy atom. The van der Waals surface area contributed by atoms with Crippen molar-refractivity contribution >= 4 is 11.6 Å². The zero-order valence-corrected chi connectivity index (χ0v) is 16.1. The summed E-state index contributed by atoms with van der Waals surface area (Å²) in [6.07, 6.45) is 5.92. The van der Waals surface area contributed by atoms with E-state index in [2.05, 4.69) is 27.1 Å². The predicted molar refractivity (Wildman–Crippen MR) is 105 cm³/mol. The Morgan fingerprint density at radius 1 is 1.22 bits per heavy atom. The molecule has 2 aliphatic heterocycles. The zero-order valence-electron chi connectivity index (χ0n) is 16.1. The molecule has 2 N–H and O–H groups in total. The van der Waals surface area contributed by atoms with E-state index in [0.29, 0.717) is 0 Å². The van der Waals surface area contributed by atoms with E-state index < -0.39 is 0 Å². The average molecular weight is 368 g/mol. The molecule has 1 amide bonds. The maximum atomic E-state index is 12.7. The van der Waals surface area contributed by atoms with Crippen LogP contribution in [0.15, 0.2) is 30.6 Å². The molecule has 6 heteroatoms. The summed E-state index contributed by atoms with van der Waals surface area (Å²) in [5, 5.41) is 6.71. The Kier molecular flexibility index (Phi) is 5.02. The van der Waals surface area contributed by atoms with Crippen LogP contribution in [-0.2, 0) is 9.53 Å². The van der Waals surface area contributed by atoms with Crippen molar-refractivity contribution in [3.63, 3.8) is 0 Å². The minimum atomic E-state index is 0.0247. The highest BCUT2D eigenvalue weighted by Crippen LogP contribution is 2.32. The Bertz CT molecular complexity index is 796. The molecule has 144 valence electrons. The van der Waals surface area contributed by atoms with Crippen molar-refractivity contribution in [2.24, 2.45) is 5.92 Å². The van der Waals surface area contributed by atoms with E-state index in [4.69, 9.17) is 4.74 Å². The molecule has 4 rings (SSSR count). The van der Waals surface area contributed by atoms with Gasteiger partial charge in [-0.15, -0.1) is 0 Å². The third-order valence-corrected chi connectivity index (χ3v) is 6.18. The topological polar surface area (TPSA) is 68.2 Å². The Hall–Kier alpha value is -2.18. The monoisotopic (exact) mass is 368 g/mol. The fraction of sp³-hybridized carbons (Fsp3) is 0.524. The number of anilines is 1. The number of aromatic nitrogens is 2. The van der Waals surface area contributed by atoms with Crippen LogP contribution in [0.25, 0.3) is 5.69 Å². The number of amides is 1. The number of nitrogens with one attached hydrogen (secondary N) is 2. The lowest BCUT2D eigenvalue weighted by molar-refractivity contribution is -0.121. The van der Waals surface area contributed by atoms with Gasteiger partial charge in [0.15, 0.2) is 0 Å². The van der Waals surface area contributed by atoms with Gasteiger partial charge in [0.25, 0.3) is 0 Å². The molecule has 2 saturated heterocycles. The second-order valence-corrected chi connectivity index (χ2v) is 7.83. The van der Waals surface area contributed by atoms with E-state index in [0.717, 1.165) is 68.2 Å². The third-order valence-electron chi connectivity index (χ3n) is 6.18. The number of hydrogen-bond donors (Lipinski definition) is 2. The van der Waals surface area contributed by atoms with Crippen molar-refractivity contribution in [3.05, 3.63) is 42.0 Å². The van der Waals surface area contributed by atoms with Gasteiger partial charge in [-0.3, -0.25) is 4.79 Å². The number of hydrogen-bond acceptors (Lipinski definition) is 4. The normalized spacial score (nSPS) is 21.9. The van der Waals surface area contributed by atoms with Gasteiger partial charge in [0.1, 0.15) is 0 Å². The summed E-state index contributed by atoms with van der Waals surface area (Å²) in [5.41, 5.74) is 4.23. The number of rotatable bonds is 3.